The van der Waals surface area contributed by atoms with E-state index >= 15 is 0 Å². The summed E-state index contributed by atoms with van der Waals surface area (Å²) in [5, 5.41) is 8.81. The Kier molecular flexibility index (Phi) is 5.55. The van der Waals surface area contributed by atoms with Gasteiger partial charge in [-0.05, 0) is 29.7 Å². The van der Waals surface area contributed by atoms with Gasteiger partial charge in [-0.15, -0.1) is 0 Å². The Hall–Kier alpha value is -3.72. The van der Waals surface area contributed by atoms with E-state index < -0.39 is 11.9 Å². The number of hydrogen-bond donors (Lipinski definition) is 3. The summed E-state index contributed by atoms with van der Waals surface area (Å²) < 4.78 is 0. The van der Waals surface area contributed by atoms with Crippen LogP contribution in [0.25, 0.3) is 0 Å². The maximum Gasteiger partial charge on any atom is 0.255 e. The van der Waals surface area contributed by atoms with Gasteiger partial charge in [0.2, 0.25) is 17.7 Å². The Morgan fingerprint density at radius 3 is 2.70 bits per heavy atom. The van der Waals surface area contributed by atoms with Crippen molar-refractivity contribution in [3.05, 3.63) is 59.2 Å². The molecule has 2 aromatic rings. The predicted octanol–water partition coefficient (Wildman–Crippen LogP) is 0.996. The molecule has 1 unspecified atom stereocenters. The van der Waals surface area contributed by atoms with Crippen molar-refractivity contribution in [3.8, 4) is 0 Å². The number of amides is 4. The van der Waals surface area contributed by atoms with Gasteiger partial charge < -0.3 is 20.4 Å². The van der Waals surface area contributed by atoms with Crippen molar-refractivity contribution in [2.75, 3.05) is 29.9 Å². The molecule has 9 heteroatoms. The molecule has 33 heavy (non-hydrogen) atoms. The Morgan fingerprint density at radius 1 is 1.03 bits per heavy atom. The number of fused-ring (bicyclic) bond motifs is 1. The minimum absolute atomic E-state index is 0.0196. The van der Waals surface area contributed by atoms with E-state index in [0.717, 1.165) is 29.0 Å². The van der Waals surface area contributed by atoms with Crippen molar-refractivity contribution in [1.29, 1.82) is 0 Å². The SMILES string of the molecule is O=C1CCC(N2Cc3cccc(CNc4ccccc4N4CCNCC4=O)c3C2=O)C(=O)N1. The van der Waals surface area contributed by atoms with Crippen LogP contribution in [0.2, 0.25) is 0 Å². The highest BCUT2D eigenvalue weighted by molar-refractivity contribution is 6.06. The number of hydrogen-bond acceptors (Lipinski definition) is 6. The van der Waals surface area contributed by atoms with Crippen LogP contribution in [0.5, 0.6) is 0 Å². The van der Waals surface area contributed by atoms with Crippen LogP contribution in [0.15, 0.2) is 42.5 Å². The van der Waals surface area contributed by atoms with Gasteiger partial charge in [-0.25, -0.2) is 0 Å². The molecule has 5 rings (SSSR count). The van der Waals surface area contributed by atoms with E-state index in [4.69, 9.17) is 0 Å². The van der Waals surface area contributed by atoms with E-state index in [9.17, 15) is 19.2 Å². The van der Waals surface area contributed by atoms with Crippen LogP contribution in [0, 0.1) is 0 Å². The highest BCUT2D eigenvalue weighted by Gasteiger charge is 2.39. The number of imide groups is 1. The molecule has 3 aliphatic rings. The number of benzene rings is 2. The second-order valence-electron chi connectivity index (χ2n) is 8.44. The van der Waals surface area contributed by atoms with Crippen molar-refractivity contribution in [2.24, 2.45) is 0 Å². The van der Waals surface area contributed by atoms with Crippen LogP contribution in [0.4, 0.5) is 11.4 Å². The number of piperazine rings is 1. The Balaban J connectivity index is 1.36. The van der Waals surface area contributed by atoms with Crippen LogP contribution >= 0.6 is 0 Å². The molecule has 170 valence electrons. The van der Waals surface area contributed by atoms with Crippen LogP contribution in [-0.2, 0) is 27.5 Å². The lowest BCUT2D eigenvalue weighted by atomic mass is 10.0. The summed E-state index contributed by atoms with van der Waals surface area (Å²) in [5.74, 6) is -0.887. The van der Waals surface area contributed by atoms with E-state index in [1.165, 1.54) is 0 Å². The largest absolute Gasteiger partial charge is 0.379 e. The number of nitrogens with zero attached hydrogens (tertiary/aromatic N) is 2. The molecular formula is C24H25N5O4. The summed E-state index contributed by atoms with van der Waals surface area (Å²) in [6, 6.07) is 12.7. The molecule has 1 atom stereocenters. The van der Waals surface area contributed by atoms with Crippen molar-refractivity contribution >= 4 is 35.0 Å². The number of rotatable bonds is 5. The lowest BCUT2D eigenvalue weighted by Crippen LogP contribution is -2.52. The Bertz CT molecular complexity index is 1150. The molecule has 2 saturated heterocycles. The van der Waals surface area contributed by atoms with Gasteiger partial charge in [0.25, 0.3) is 5.91 Å². The van der Waals surface area contributed by atoms with Gasteiger partial charge in [-0.1, -0.05) is 30.3 Å². The molecule has 0 aliphatic carbocycles. The monoisotopic (exact) mass is 447 g/mol. The quantitative estimate of drug-likeness (QED) is 0.590. The second kappa shape index (κ2) is 8.67. The molecule has 2 aromatic carbocycles. The second-order valence-corrected chi connectivity index (χ2v) is 8.44. The summed E-state index contributed by atoms with van der Waals surface area (Å²) in [5.41, 5.74) is 3.93. The van der Waals surface area contributed by atoms with Gasteiger partial charge in [0.1, 0.15) is 6.04 Å². The Labute approximate surface area is 191 Å². The normalized spacial score (nSPS) is 20.7. The third kappa shape index (κ3) is 3.95. The molecule has 2 fully saturated rings. The van der Waals surface area contributed by atoms with Crippen molar-refractivity contribution in [3.63, 3.8) is 0 Å². The summed E-state index contributed by atoms with van der Waals surface area (Å²) in [4.78, 5) is 52.8. The first-order chi connectivity index (χ1) is 16.0. The highest BCUT2D eigenvalue weighted by Crippen LogP contribution is 2.31. The maximum absolute atomic E-state index is 13.3. The average Bonchev–Trinajstić information content (AvgIpc) is 3.15. The van der Waals surface area contributed by atoms with Gasteiger partial charge in [-0.2, -0.15) is 0 Å². The molecule has 0 aromatic heterocycles. The van der Waals surface area contributed by atoms with Gasteiger partial charge in [0.15, 0.2) is 0 Å². The van der Waals surface area contributed by atoms with Gasteiger partial charge in [-0.3, -0.25) is 24.5 Å². The number of anilines is 2. The van der Waals surface area contributed by atoms with Crippen molar-refractivity contribution in [2.45, 2.75) is 32.0 Å². The zero-order chi connectivity index (χ0) is 22.9. The lowest BCUT2D eigenvalue weighted by molar-refractivity contribution is -0.137. The Morgan fingerprint density at radius 2 is 1.88 bits per heavy atom. The van der Waals surface area contributed by atoms with E-state index in [1.807, 2.05) is 42.5 Å². The average molecular weight is 447 g/mol. The molecule has 0 bridgehead atoms. The van der Waals surface area contributed by atoms with Crippen LogP contribution in [-0.4, -0.2) is 54.2 Å². The zero-order valence-corrected chi connectivity index (χ0v) is 18.1. The smallest absolute Gasteiger partial charge is 0.255 e. The number of nitrogens with one attached hydrogen (secondary N) is 3. The minimum Gasteiger partial charge on any atom is -0.379 e. The highest BCUT2D eigenvalue weighted by atomic mass is 16.2. The first-order valence-corrected chi connectivity index (χ1v) is 11.1. The fourth-order valence-corrected chi connectivity index (χ4v) is 4.75. The van der Waals surface area contributed by atoms with Crippen LogP contribution in [0.1, 0.15) is 34.3 Å². The first kappa shape index (κ1) is 21.1. The molecule has 0 spiro atoms. The molecule has 3 aliphatic heterocycles. The maximum atomic E-state index is 13.3. The summed E-state index contributed by atoms with van der Waals surface area (Å²) in [6.45, 7) is 2.38. The molecule has 3 N–H and O–H groups in total. The lowest BCUT2D eigenvalue weighted by Gasteiger charge is -2.29. The molecule has 9 nitrogen and oxygen atoms in total. The van der Waals surface area contributed by atoms with Crippen LogP contribution in [0.3, 0.4) is 0 Å². The van der Waals surface area contributed by atoms with E-state index in [-0.39, 0.29) is 24.1 Å². The van der Waals surface area contributed by atoms with Crippen LogP contribution < -0.4 is 20.9 Å². The number of carbonyl (C=O) groups is 4. The molecule has 3 heterocycles. The van der Waals surface area contributed by atoms with Crippen molar-refractivity contribution < 1.29 is 19.2 Å². The third-order valence-electron chi connectivity index (χ3n) is 6.39. The zero-order valence-electron chi connectivity index (χ0n) is 18.1. The molecule has 0 radical (unpaired) electrons. The first-order valence-electron chi connectivity index (χ1n) is 11.1. The topological polar surface area (TPSA) is 111 Å². The summed E-state index contributed by atoms with van der Waals surface area (Å²) in [6.07, 6.45) is 0.566. The van der Waals surface area contributed by atoms with E-state index in [0.29, 0.717) is 38.2 Å². The fourth-order valence-electron chi connectivity index (χ4n) is 4.75. The molecular weight excluding hydrogens is 422 g/mol. The van der Waals surface area contributed by atoms with E-state index in [1.54, 1.807) is 9.80 Å². The van der Waals surface area contributed by atoms with Crippen molar-refractivity contribution in [1.82, 2.24) is 15.5 Å². The van der Waals surface area contributed by atoms with E-state index in [2.05, 4.69) is 16.0 Å². The van der Waals surface area contributed by atoms with Gasteiger partial charge >= 0.3 is 0 Å². The fraction of sp³-hybridized carbons (Fsp3) is 0.333. The minimum atomic E-state index is -0.636. The summed E-state index contributed by atoms with van der Waals surface area (Å²) >= 11 is 0. The van der Waals surface area contributed by atoms with Gasteiger partial charge in [0.05, 0.1) is 17.9 Å². The molecule has 4 amide bonds. The summed E-state index contributed by atoms with van der Waals surface area (Å²) in [7, 11) is 0. The van der Waals surface area contributed by atoms with Gasteiger partial charge in [0, 0.05) is 38.2 Å². The number of piperidine rings is 1. The standard InChI is InChI=1S/C24H25N5O4/c30-20-9-8-19(23(32)27-20)29-14-16-5-3-4-15(22(16)24(29)33)12-26-17-6-1-2-7-18(17)28-11-10-25-13-21(28)31/h1-7,19,25-26H,8-14H2,(H,27,30,32). The third-order valence-corrected chi connectivity index (χ3v) is 6.39. The number of para-hydroxylation sites is 2. The molecule has 0 saturated carbocycles. The number of carbonyl (C=O) groups excluding carboxylic acids is 4. The predicted molar refractivity (Wildman–Crippen MR) is 121 cm³/mol.